The number of fused-ring (bicyclic) bond motifs is 2. The van der Waals surface area contributed by atoms with Crippen LogP contribution < -0.4 is 18.9 Å². The van der Waals surface area contributed by atoms with E-state index in [0.29, 0.717) is 44.5 Å². The van der Waals surface area contributed by atoms with Gasteiger partial charge in [-0.05, 0) is 12.1 Å². The lowest BCUT2D eigenvalue weighted by Gasteiger charge is -2.24. The number of benzene rings is 4. The third-order valence-corrected chi connectivity index (χ3v) is 6.05. The molecule has 4 N–H and O–H groups in total. The third-order valence-electron chi connectivity index (χ3n) is 6.05. The average molecular weight is 466 g/mol. The number of aliphatic hydroxyl groups is 2. The second kappa shape index (κ2) is 9.17. The van der Waals surface area contributed by atoms with E-state index < -0.39 is 13.2 Å². The molecule has 0 bridgehead atoms. The minimum absolute atomic E-state index is 0.0870. The van der Waals surface area contributed by atoms with Crippen LogP contribution in [0.15, 0.2) is 36.4 Å². The van der Waals surface area contributed by atoms with E-state index in [1.165, 1.54) is 28.4 Å². The molecule has 8 heteroatoms. The van der Waals surface area contributed by atoms with Gasteiger partial charge in [0.25, 0.3) is 0 Å². The molecule has 0 aromatic heterocycles. The summed E-state index contributed by atoms with van der Waals surface area (Å²) in [6.45, 7) is -1.04. The summed E-state index contributed by atoms with van der Waals surface area (Å²) in [5.74, 6) is 0.833. The number of hydrogen-bond acceptors (Lipinski definition) is 8. The Morgan fingerprint density at radius 1 is 0.588 bits per heavy atom. The maximum Gasteiger partial charge on any atom is 0.135 e. The fourth-order valence-corrected chi connectivity index (χ4v) is 4.66. The number of phenols is 2. The first-order valence-electron chi connectivity index (χ1n) is 10.5. The molecule has 0 aliphatic heterocycles. The molecule has 4 aromatic rings. The molecule has 4 aromatic carbocycles. The van der Waals surface area contributed by atoms with Gasteiger partial charge in [-0.3, -0.25) is 0 Å². The summed E-state index contributed by atoms with van der Waals surface area (Å²) in [5.41, 5.74) is 0.622. The second-order valence-corrected chi connectivity index (χ2v) is 7.55. The smallest absolute Gasteiger partial charge is 0.135 e. The Kier molecular flexibility index (Phi) is 6.28. The molecule has 0 spiro atoms. The monoisotopic (exact) mass is 466 g/mol. The lowest BCUT2D eigenvalue weighted by atomic mass is 9.87. The van der Waals surface area contributed by atoms with E-state index in [1.54, 1.807) is 36.4 Å². The highest BCUT2D eigenvalue weighted by Crippen LogP contribution is 2.55. The lowest BCUT2D eigenvalue weighted by molar-refractivity contribution is 0.271. The second-order valence-electron chi connectivity index (χ2n) is 7.55. The predicted octanol–water partition coefficient (Wildman–Crippen LogP) is 4.09. The van der Waals surface area contributed by atoms with E-state index in [0.717, 1.165) is 0 Å². The molecule has 0 fully saturated rings. The molecule has 0 unspecified atom stereocenters. The summed E-state index contributed by atoms with van der Waals surface area (Å²) in [6.07, 6.45) is 0. The third kappa shape index (κ3) is 3.22. The Balaban J connectivity index is 2.32. The van der Waals surface area contributed by atoms with Crippen molar-refractivity contribution in [1.82, 2.24) is 0 Å². The van der Waals surface area contributed by atoms with Gasteiger partial charge in [0, 0.05) is 33.0 Å². The van der Waals surface area contributed by atoms with Gasteiger partial charge < -0.3 is 39.4 Å². The highest BCUT2D eigenvalue weighted by molar-refractivity contribution is 6.10. The predicted molar refractivity (Wildman–Crippen MR) is 128 cm³/mol. The van der Waals surface area contributed by atoms with E-state index in [1.807, 2.05) is 0 Å². The van der Waals surface area contributed by atoms with Crippen molar-refractivity contribution in [2.75, 3.05) is 28.4 Å². The molecule has 0 heterocycles. The molecule has 0 aliphatic rings. The van der Waals surface area contributed by atoms with Gasteiger partial charge in [0.1, 0.15) is 34.5 Å². The standard InChI is InChI=1S/C26H26O8/c1-31-17-9-5-7-13-19(17)23(29)21(15(11-27)25(13)33-3)22-16(12-28)26(34-4)14-8-6-10-18(32-2)20(14)24(22)30/h5-10,27-30H,11-12H2,1-4H3. The molecule has 0 saturated carbocycles. The van der Waals surface area contributed by atoms with Crippen LogP contribution in [0.5, 0.6) is 34.5 Å². The van der Waals surface area contributed by atoms with Gasteiger partial charge in [0.05, 0.1) is 52.4 Å². The molecule has 4 rings (SSSR count). The number of hydrogen-bond donors (Lipinski definition) is 4. The van der Waals surface area contributed by atoms with Crippen LogP contribution in [0.3, 0.4) is 0 Å². The van der Waals surface area contributed by atoms with Crippen molar-refractivity contribution in [2.45, 2.75) is 13.2 Å². The number of rotatable bonds is 7. The molecular weight excluding hydrogens is 440 g/mol. The van der Waals surface area contributed by atoms with E-state index >= 15 is 0 Å². The van der Waals surface area contributed by atoms with E-state index in [2.05, 4.69) is 0 Å². The number of phenolic OH excluding ortho intramolecular Hbond substituents is 2. The van der Waals surface area contributed by atoms with Crippen molar-refractivity contribution >= 4 is 21.5 Å². The number of methoxy groups -OCH3 is 4. The summed E-state index contributed by atoms with van der Waals surface area (Å²) in [5, 5.41) is 45.5. The van der Waals surface area contributed by atoms with Crippen LogP contribution in [0.25, 0.3) is 32.7 Å². The zero-order valence-electron chi connectivity index (χ0n) is 19.3. The first kappa shape index (κ1) is 23.3. The molecule has 0 saturated heterocycles. The fraction of sp³-hybridized carbons (Fsp3) is 0.231. The van der Waals surface area contributed by atoms with Gasteiger partial charge >= 0.3 is 0 Å². The highest BCUT2D eigenvalue weighted by Gasteiger charge is 2.30. The Hall–Kier alpha value is -3.88. The van der Waals surface area contributed by atoms with Crippen LogP contribution >= 0.6 is 0 Å². The fourth-order valence-electron chi connectivity index (χ4n) is 4.66. The van der Waals surface area contributed by atoms with E-state index in [4.69, 9.17) is 18.9 Å². The van der Waals surface area contributed by atoms with Crippen molar-refractivity contribution in [3.05, 3.63) is 47.5 Å². The Bertz CT molecular complexity index is 1290. The molecule has 0 atom stereocenters. The zero-order chi connectivity index (χ0) is 24.6. The van der Waals surface area contributed by atoms with Crippen LogP contribution in [0.2, 0.25) is 0 Å². The maximum atomic E-state index is 11.5. The van der Waals surface area contributed by atoms with Crippen LogP contribution in [0.4, 0.5) is 0 Å². The zero-order valence-corrected chi connectivity index (χ0v) is 19.3. The van der Waals surface area contributed by atoms with Gasteiger partial charge in [-0.1, -0.05) is 24.3 Å². The van der Waals surface area contributed by atoms with Crippen molar-refractivity contribution in [3.63, 3.8) is 0 Å². The largest absolute Gasteiger partial charge is 0.506 e. The molecule has 0 amide bonds. The van der Waals surface area contributed by atoms with Crippen molar-refractivity contribution in [3.8, 4) is 45.6 Å². The normalized spacial score (nSPS) is 11.1. The lowest BCUT2D eigenvalue weighted by Crippen LogP contribution is -2.04. The first-order chi connectivity index (χ1) is 16.5. The quantitative estimate of drug-likeness (QED) is 0.322. The topological polar surface area (TPSA) is 118 Å². The number of aromatic hydroxyl groups is 2. The van der Waals surface area contributed by atoms with Crippen molar-refractivity contribution < 1.29 is 39.4 Å². The van der Waals surface area contributed by atoms with Crippen molar-refractivity contribution in [2.24, 2.45) is 0 Å². The Morgan fingerprint density at radius 2 is 0.971 bits per heavy atom. The summed E-state index contributed by atoms with van der Waals surface area (Å²) >= 11 is 0. The van der Waals surface area contributed by atoms with Gasteiger partial charge in [-0.25, -0.2) is 0 Å². The molecule has 178 valence electrons. The highest BCUT2D eigenvalue weighted by atomic mass is 16.5. The summed E-state index contributed by atoms with van der Waals surface area (Å²) < 4.78 is 22.2. The van der Waals surface area contributed by atoms with Gasteiger partial charge in [-0.15, -0.1) is 0 Å². The number of aliphatic hydroxyl groups excluding tert-OH is 2. The van der Waals surface area contributed by atoms with Crippen LogP contribution in [0.1, 0.15) is 11.1 Å². The minimum Gasteiger partial charge on any atom is -0.506 e. The van der Waals surface area contributed by atoms with E-state index in [9.17, 15) is 20.4 Å². The van der Waals surface area contributed by atoms with Crippen LogP contribution in [-0.2, 0) is 13.2 Å². The summed E-state index contributed by atoms with van der Waals surface area (Å²) in [6, 6.07) is 10.3. The summed E-state index contributed by atoms with van der Waals surface area (Å²) in [4.78, 5) is 0. The van der Waals surface area contributed by atoms with Gasteiger partial charge in [0.2, 0.25) is 0 Å². The first-order valence-corrected chi connectivity index (χ1v) is 10.5. The molecule has 34 heavy (non-hydrogen) atoms. The van der Waals surface area contributed by atoms with E-state index in [-0.39, 0.29) is 33.8 Å². The minimum atomic E-state index is -0.518. The Morgan fingerprint density at radius 3 is 1.26 bits per heavy atom. The van der Waals surface area contributed by atoms with Crippen LogP contribution in [0, 0.1) is 0 Å². The molecular formula is C26H26O8. The molecule has 0 aliphatic carbocycles. The maximum absolute atomic E-state index is 11.5. The molecule has 8 nitrogen and oxygen atoms in total. The SMILES string of the molecule is COc1c(CO)c(-c2c(CO)c(OC)c3cccc(OC)c3c2O)c(O)c2c(OC)cccc12. The number of ether oxygens (including phenoxy) is 4. The van der Waals surface area contributed by atoms with Crippen LogP contribution in [-0.4, -0.2) is 48.9 Å². The average Bonchev–Trinajstić information content (AvgIpc) is 2.87. The molecule has 0 radical (unpaired) electrons. The van der Waals surface area contributed by atoms with Gasteiger partial charge in [-0.2, -0.15) is 0 Å². The Labute approximate surface area is 196 Å². The summed E-state index contributed by atoms with van der Waals surface area (Å²) in [7, 11) is 5.85. The van der Waals surface area contributed by atoms with Gasteiger partial charge in [0.15, 0.2) is 0 Å². The van der Waals surface area contributed by atoms with Crippen molar-refractivity contribution in [1.29, 1.82) is 0 Å².